The summed E-state index contributed by atoms with van der Waals surface area (Å²) >= 11 is 12.1. The molecular weight excluding hydrogens is 291 g/mol. The maximum atomic E-state index is 10.6. The van der Waals surface area contributed by atoms with Crippen molar-refractivity contribution < 1.29 is 4.79 Å². The molecule has 0 bridgehead atoms. The van der Waals surface area contributed by atoms with Gasteiger partial charge in [0.15, 0.2) is 0 Å². The van der Waals surface area contributed by atoms with E-state index in [0.717, 1.165) is 34.1 Å². The Hall–Kier alpha value is -1.57. The lowest BCUT2D eigenvalue weighted by Crippen LogP contribution is -1.92. The zero-order valence-electron chi connectivity index (χ0n) is 11.3. The van der Waals surface area contributed by atoms with Gasteiger partial charge in [-0.1, -0.05) is 47.5 Å². The van der Waals surface area contributed by atoms with Gasteiger partial charge in [0, 0.05) is 0 Å². The standard InChI is InChI=1S/C17H14Cl2O/c1-11-5-6-12(2)17(14(11)4-3-9-20)13-7-8-15(18)16(19)10-13/h3-10H,1-2H3/b4-3+. The molecule has 1 nitrogen and oxygen atoms in total. The number of hydrogen-bond donors (Lipinski definition) is 0. The monoisotopic (exact) mass is 304 g/mol. The van der Waals surface area contributed by atoms with Crippen molar-refractivity contribution in [2.75, 3.05) is 0 Å². The zero-order valence-corrected chi connectivity index (χ0v) is 12.8. The van der Waals surface area contributed by atoms with Gasteiger partial charge in [0.25, 0.3) is 0 Å². The molecule has 0 aliphatic heterocycles. The minimum atomic E-state index is 0.524. The van der Waals surface area contributed by atoms with Crippen LogP contribution in [0.4, 0.5) is 0 Å². The van der Waals surface area contributed by atoms with Gasteiger partial charge in [0.05, 0.1) is 10.0 Å². The molecule has 0 aromatic heterocycles. The van der Waals surface area contributed by atoms with Gasteiger partial charge in [0.1, 0.15) is 6.29 Å². The van der Waals surface area contributed by atoms with E-state index >= 15 is 0 Å². The molecule has 2 rings (SSSR count). The molecular formula is C17H14Cl2O. The van der Waals surface area contributed by atoms with Crippen LogP contribution >= 0.6 is 23.2 Å². The molecule has 3 heteroatoms. The van der Waals surface area contributed by atoms with Crippen LogP contribution in [0.25, 0.3) is 17.2 Å². The Morgan fingerprint density at radius 1 is 0.950 bits per heavy atom. The van der Waals surface area contributed by atoms with Crippen molar-refractivity contribution in [2.24, 2.45) is 0 Å². The van der Waals surface area contributed by atoms with Gasteiger partial charge in [0.2, 0.25) is 0 Å². The lowest BCUT2D eigenvalue weighted by molar-refractivity contribution is -0.104. The molecule has 0 unspecified atom stereocenters. The van der Waals surface area contributed by atoms with Gasteiger partial charge in [-0.15, -0.1) is 0 Å². The average Bonchev–Trinajstić information content (AvgIpc) is 2.43. The normalized spacial score (nSPS) is 11.0. The van der Waals surface area contributed by atoms with Gasteiger partial charge >= 0.3 is 0 Å². The average molecular weight is 305 g/mol. The lowest BCUT2D eigenvalue weighted by atomic mass is 9.91. The van der Waals surface area contributed by atoms with Crippen LogP contribution in [-0.4, -0.2) is 6.29 Å². The number of halogens is 2. The first kappa shape index (κ1) is 14.8. The predicted molar refractivity (Wildman–Crippen MR) is 86.5 cm³/mol. The molecule has 0 N–H and O–H groups in total. The maximum absolute atomic E-state index is 10.6. The Balaban J connectivity index is 2.71. The van der Waals surface area contributed by atoms with Crippen LogP contribution in [0.3, 0.4) is 0 Å². The Labute approximate surface area is 128 Å². The van der Waals surface area contributed by atoms with E-state index in [1.54, 1.807) is 6.07 Å². The summed E-state index contributed by atoms with van der Waals surface area (Å²) in [5.74, 6) is 0. The van der Waals surface area contributed by atoms with E-state index in [9.17, 15) is 4.79 Å². The smallest absolute Gasteiger partial charge is 0.142 e. The highest BCUT2D eigenvalue weighted by Gasteiger charge is 2.10. The van der Waals surface area contributed by atoms with Crippen LogP contribution in [0.5, 0.6) is 0 Å². The summed E-state index contributed by atoms with van der Waals surface area (Å²) in [6.07, 6.45) is 4.11. The highest BCUT2D eigenvalue weighted by atomic mass is 35.5. The fourth-order valence-corrected chi connectivity index (χ4v) is 2.52. The van der Waals surface area contributed by atoms with E-state index in [0.29, 0.717) is 10.0 Å². The number of rotatable bonds is 3. The fourth-order valence-electron chi connectivity index (χ4n) is 2.22. The van der Waals surface area contributed by atoms with Crippen LogP contribution in [-0.2, 0) is 4.79 Å². The maximum Gasteiger partial charge on any atom is 0.142 e. The number of carbonyl (C=O) groups is 1. The largest absolute Gasteiger partial charge is 0.299 e. The Morgan fingerprint density at radius 3 is 2.30 bits per heavy atom. The minimum absolute atomic E-state index is 0.524. The minimum Gasteiger partial charge on any atom is -0.299 e. The molecule has 0 saturated carbocycles. The van der Waals surface area contributed by atoms with E-state index in [1.165, 1.54) is 6.08 Å². The molecule has 102 valence electrons. The SMILES string of the molecule is Cc1ccc(C)c(-c2ccc(Cl)c(Cl)c2)c1/C=C/C=O. The van der Waals surface area contributed by atoms with Gasteiger partial charge in [-0.25, -0.2) is 0 Å². The zero-order chi connectivity index (χ0) is 14.7. The first-order chi connectivity index (χ1) is 9.54. The first-order valence-electron chi connectivity index (χ1n) is 6.22. The predicted octanol–water partition coefficient (Wildman–Crippen LogP) is 5.49. The third kappa shape index (κ3) is 2.95. The molecule has 2 aromatic rings. The molecule has 0 aliphatic rings. The van der Waals surface area contributed by atoms with Gasteiger partial charge < -0.3 is 0 Å². The summed E-state index contributed by atoms with van der Waals surface area (Å²) in [5.41, 5.74) is 5.32. The molecule has 0 spiro atoms. The van der Waals surface area contributed by atoms with E-state index in [1.807, 2.05) is 38.1 Å². The van der Waals surface area contributed by atoms with E-state index in [4.69, 9.17) is 23.2 Å². The van der Waals surface area contributed by atoms with Crippen molar-refractivity contribution in [1.82, 2.24) is 0 Å². The molecule has 20 heavy (non-hydrogen) atoms. The highest BCUT2D eigenvalue weighted by molar-refractivity contribution is 6.42. The van der Waals surface area contributed by atoms with Gasteiger partial charge in [-0.05, 0) is 59.9 Å². The summed E-state index contributed by atoms with van der Waals surface area (Å²) in [7, 11) is 0. The van der Waals surface area contributed by atoms with Crippen molar-refractivity contribution in [3.63, 3.8) is 0 Å². The van der Waals surface area contributed by atoms with Crippen molar-refractivity contribution >= 4 is 35.6 Å². The molecule has 0 amide bonds. The van der Waals surface area contributed by atoms with E-state index in [2.05, 4.69) is 6.07 Å². The second-order valence-corrected chi connectivity index (χ2v) is 5.43. The summed E-state index contributed by atoms with van der Waals surface area (Å²) in [4.78, 5) is 10.6. The van der Waals surface area contributed by atoms with E-state index in [-0.39, 0.29) is 0 Å². The number of aldehydes is 1. The van der Waals surface area contributed by atoms with Crippen LogP contribution < -0.4 is 0 Å². The summed E-state index contributed by atoms with van der Waals surface area (Å²) in [6, 6.07) is 9.68. The van der Waals surface area contributed by atoms with Crippen LogP contribution in [0.2, 0.25) is 10.0 Å². The molecule has 0 fully saturated rings. The van der Waals surface area contributed by atoms with Crippen molar-refractivity contribution in [1.29, 1.82) is 0 Å². The molecule has 2 aromatic carbocycles. The number of aryl methyl sites for hydroxylation is 2. The van der Waals surface area contributed by atoms with Gasteiger partial charge in [-0.2, -0.15) is 0 Å². The second-order valence-electron chi connectivity index (χ2n) is 4.61. The Kier molecular flexibility index (Phi) is 4.64. The Morgan fingerprint density at radius 2 is 1.65 bits per heavy atom. The van der Waals surface area contributed by atoms with Gasteiger partial charge in [-0.3, -0.25) is 4.79 Å². The summed E-state index contributed by atoms with van der Waals surface area (Å²) in [5, 5.41) is 1.06. The van der Waals surface area contributed by atoms with Crippen molar-refractivity contribution in [3.05, 3.63) is 63.1 Å². The third-order valence-corrected chi connectivity index (χ3v) is 3.96. The highest BCUT2D eigenvalue weighted by Crippen LogP contribution is 2.34. The lowest BCUT2D eigenvalue weighted by Gasteiger charge is -2.14. The first-order valence-corrected chi connectivity index (χ1v) is 6.97. The third-order valence-electron chi connectivity index (χ3n) is 3.22. The second kappa shape index (κ2) is 6.25. The fraction of sp³-hybridized carbons (Fsp3) is 0.118. The van der Waals surface area contributed by atoms with Crippen LogP contribution in [0, 0.1) is 13.8 Å². The number of allylic oxidation sites excluding steroid dienone is 1. The van der Waals surface area contributed by atoms with Crippen molar-refractivity contribution in [3.8, 4) is 11.1 Å². The number of hydrogen-bond acceptors (Lipinski definition) is 1. The van der Waals surface area contributed by atoms with Crippen molar-refractivity contribution in [2.45, 2.75) is 13.8 Å². The van der Waals surface area contributed by atoms with Crippen LogP contribution in [0.1, 0.15) is 16.7 Å². The molecule has 0 radical (unpaired) electrons. The number of carbonyl (C=O) groups excluding carboxylic acids is 1. The molecule has 0 atom stereocenters. The molecule has 0 heterocycles. The summed E-state index contributed by atoms with van der Waals surface area (Å²) in [6.45, 7) is 4.06. The quantitative estimate of drug-likeness (QED) is 0.541. The Bertz CT molecular complexity index is 688. The molecule has 0 aliphatic carbocycles. The topological polar surface area (TPSA) is 17.1 Å². The van der Waals surface area contributed by atoms with E-state index < -0.39 is 0 Å². The van der Waals surface area contributed by atoms with Crippen LogP contribution in [0.15, 0.2) is 36.4 Å². The number of benzene rings is 2. The summed E-state index contributed by atoms with van der Waals surface area (Å²) < 4.78 is 0. The molecule has 0 saturated heterocycles.